The summed E-state index contributed by atoms with van der Waals surface area (Å²) in [4.78, 5) is 18.3. The molecule has 3 fully saturated rings. The van der Waals surface area contributed by atoms with Crippen molar-refractivity contribution in [3.05, 3.63) is 47.8 Å². The molecule has 2 heterocycles. The minimum absolute atomic E-state index is 0.117. The molecule has 0 atom stereocenters. The van der Waals surface area contributed by atoms with E-state index in [1.165, 1.54) is 12.1 Å². The zero-order valence-corrected chi connectivity index (χ0v) is 18.8. The normalized spacial score (nSPS) is 20.9. The first kappa shape index (κ1) is 22.1. The summed E-state index contributed by atoms with van der Waals surface area (Å²) in [6.45, 7) is 3.25. The SMILES string of the molecule is CC1(OC(=O)N2CCC(COc3c(F)cc(-c4ccc(C5(N)CC5)nc4)cc3F)CC2)CC1. The van der Waals surface area contributed by atoms with Crippen molar-refractivity contribution >= 4 is 6.09 Å². The molecule has 1 aromatic heterocycles. The van der Waals surface area contributed by atoms with E-state index in [0.29, 0.717) is 37.1 Å². The average Bonchev–Trinajstić information content (AvgIpc) is 3.72. The summed E-state index contributed by atoms with van der Waals surface area (Å²) in [6.07, 6.45) is 6.35. The quantitative estimate of drug-likeness (QED) is 0.677. The number of amides is 1. The lowest BCUT2D eigenvalue weighted by molar-refractivity contribution is 0.0453. The van der Waals surface area contributed by atoms with E-state index in [4.69, 9.17) is 15.2 Å². The van der Waals surface area contributed by atoms with Crippen LogP contribution in [0.4, 0.5) is 13.6 Å². The number of carbonyl (C=O) groups is 1. The van der Waals surface area contributed by atoms with E-state index in [0.717, 1.165) is 31.4 Å². The van der Waals surface area contributed by atoms with Gasteiger partial charge in [0, 0.05) is 24.8 Å². The van der Waals surface area contributed by atoms with Gasteiger partial charge >= 0.3 is 6.09 Å². The number of aromatic nitrogens is 1. The molecule has 1 amide bonds. The molecule has 5 rings (SSSR count). The van der Waals surface area contributed by atoms with Crippen molar-refractivity contribution < 1.29 is 23.0 Å². The van der Waals surface area contributed by atoms with Crippen LogP contribution in [0.25, 0.3) is 11.1 Å². The first-order valence-corrected chi connectivity index (χ1v) is 11.6. The van der Waals surface area contributed by atoms with E-state index in [-0.39, 0.29) is 35.5 Å². The number of piperidine rings is 1. The van der Waals surface area contributed by atoms with Gasteiger partial charge < -0.3 is 20.1 Å². The van der Waals surface area contributed by atoms with Crippen LogP contribution in [0.3, 0.4) is 0 Å². The fourth-order valence-corrected chi connectivity index (χ4v) is 4.15. The van der Waals surface area contributed by atoms with Crippen LogP contribution < -0.4 is 10.5 Å². The summed E-state index contributed by atoms with van der Waals surface area (Å²) in [7, 11) is 0. The lowest BCUT2D eigenvalue weighted by Gasteiger charge is -2.32. The largest absolute Gasteiger partial charge is 0.487 e. The van der Waals surface area contributed by atoms with Crippen LogP contribution in [0.2, 0.25) is 0 Å². The first-order chi connectivity index (χ1) is 15.7. The predicted octanol–water partition coefficient (Wildman–Crippen LogP) is 4.75. The number of ether oxygens (including phenoxy) is 2. The maximum absolute atomic E-state index is 14.7. The van der Waals surface area contributed by atoms with Crippen LogP contribution in [-0.2, 0) is 10.3 Å². The second-order valence-electron chi connectivity index (χ2n) is 9.92. The Balaban J connectivity index is 1.16. The molecular formula is C25H29F2N3O3. The summed E-state index contributed by atoms with van der Waals surface area (Å²) in [5.74, 6) is -1.74. The van der Waals surface area contributed by atoms with Crippen LogP contribution >= 0.6 is 0 Å². The van der Waals surface area contributed by atoms with Gasteiger partial charge in [0.25, 0.3) is 0 Å². The number of hydrogen-bond donors (Lipinski definition) is 1. The van der Waals surface area contributed by atoms with Crippen molar-refractivity contribution in [2.45, 2.75) is 56.6 Å². The molecule has 2 aliphatic carbocycles. The van der Waals surface area contributed by atoms with Gasteiger partial charge in [0.1, 0.15) is 5.60 Å². The summed E-state index contributed by atoms with van der Waals surface area (Å²) >= 11 is 0. The van der Waals surface area contributed by atoms with Gasteiger partial charge in [-0.15, -0.1) is 0 Å². The molecule has 1 aromatic carbocycles. The summed E-state index contributed by atoms with van der Waals surface area (Å²) in [5, 5.41) is 0. The fourth-order valence-electron chi connectivity index (χ4n) is 4.15. The highest BCUT2D eigenvalue weighted by atomic mass is 19.1. The number of nitrogens with two attached hydrogens (primary N) is 1. The third-order valence-electron chi connectivity index (χ3n) is 7.02. The third kappa shape index (κ3) is 4.81. The Kier molecular flexibility index (Phi) is 5.51. The van der Waals surface area contributed by atoms with Crippen molar-refractivity contribution in [3.8, 4) is 16.9 Å². The van der Waals surface area contributed by atoms with E-state index >= 15 is 0 Å². The van der Waals surface area contributed by atoms with Crippen LogP contribution in [0, 0.1) is 17.6 Å². The summed E-state index contributed by atoms with van der Waals surface area (Å²) in [5.41, 5.74) is 7.32. The van der Waals surface area contributed by atoms with Gasteiger partial charge in [-0.05, 0) is 75.1 Å². The second-order valence-corrected chi connectivity index (χ2v) is 9.92. The minimum Gasteiger partial charge on any atom is -0.487 e. The summed E-state index contributed by atoms with van der Waals surface area (Å²) < 4.78 is 40.4. The molecule has 0 bridgehead atoms. The number of benzene rings is 1. The number of rotatable bonds is 6. The highest BCUT2D eigenvalue weighted by Crippen LogP contribution is 2.42. The number of carbonyl (C=O) groups excluding carboxylic acids is 1. The maximum Gasteiger partial charge on any atom is 0.410 e. The van der Waals surface area contributed by atoms with Gasteiger partial charge in [-0.25, -0.2) is 13.6 Å². The third-order valence-corrected chi connectivity index (χ3v) is 7.02. The van der Waals surface area contributed by atoms with Crippen molar-refractivity contribution in [3.63, 3.8) is 0 Å². The van der Waals surface area contributed by atoms with Crippen LogP contribution in [0.5, 0.6) is 5.75 Å². The highest BCUT2D eigenvalue weighted by molar-refractivity contribution is 5.68. The van der Waals surface area contributed by atoms with Gasteiger partial charge in [-0.1, -0.05) is 6.07 Å². The van der Waals surface area contributed by atoms with Gasteiger partial charge in [0.15, 0.2) is 17.4 Å². The molecule has 3 aliphatic rings. The number of hydrogen-bond acceptors (Lipinski definition) is 5. The monoisotopic (exact) mass is 457 g/mol. The van der Waals surface area contributed by atoms with E-state index in [2.05, 4.69) is 4.98 Å². The molecule has 33 heavy (non-hydrogen) atoms. The van der Waals surface area contributed by atoms with E-state index in [1.807, 2.05) is 13.0 Å². The Morgan fingerprint density at radius 1 is 1.12 bits per heavy atom. The van der Waals surface area contributed by atoms with Gasteiger partial charge in [0.2, 0.25) is 0 Å². The van der Waals surface area contributed by atoms with Crippen LogP contribution in [0.1, 0.15) is 51.1 Å². The number of nitrogens with zero attached hydrogens (tertiary/aromatic N) is 2. The molecule has 2 aromatic rings. The van der Waals surface area contributed by atoms with E-state index in [9.17, 15) is 13.6 Å². The fraction of sp³-hybridized carbons (Fsp3) is 0.520. The lowest BCUT2D eigenvalue weighted by atomic mass is 9.98. The molecule has 1 saturated heterocycles. The summed E-state index contributed by atoms with van der Waals surface area (Å²) in [6, 6.07) is 6.13. The Morgan fingerprint density at radius 2 is 1.79 bits per heavy atom. The zero-order valence-electron chi connectivity index (χ0n) is 18.8. The van der Waals surface area contributed by atoms with E-state index < -0.39 is 11.6 Å². The molecule has 2 N–H and O–H groups in total. The first-order valence-electron chi connectivity index (χ1n) is 11.6. The molecule has 0 unspecified atom stereocenters. The minimum atomic E-state index is -0.745. The predicted molar refractivity (Wildman–Crippen MR) is 119 cm³/mol. The molecule has 176 valence electrons. The van der Waals surface area contributed by atoms with Crippen LogP contribution in [-0.4, -0.2) is 41.3 Å². The Hall–Kier alpha value is -2.74. The maximum atomic E-state index is 14.7. The molecular weight excluding hydrogens is 428 g/mol. The van der Waals surface area contributed by atoms with Crippen molar-refractivity contribution in [1.82, 2.24) is 9.88 Å². The second kappa shape index (κ2) is 8.24. The molecule has 6 nitrogen and oxygen atoms in total. The van der Waals surface area contributed by atoms with Crippen molar-refractivity contribution in [2.24, 2.45) is 11.7 Å². The molecule has 0 spiro atoms. The average molecular weight is 458 g/mol. The van der Waals surface area contributed by atoms with Crippen LogP contribution in [0.15, 0.2) is 30.5 Å². The molecule has 1 aliphatic heterocycles. The standard InChI is InChI=1S/C25H29F2N3O3/c1-24(6-7-24)33-23(31)30-10-4-16(5-11-30)15-32-22-19(26)12-18(13-20(22)27)17-2-3-21(29-14-17)25(28)8-9-25/h2-3,12-14,16H,4-11,15,28H2,1H3. The van der Waals surface area contributed by atoms with Crippen molar-refractivity contribution in [2.75, 3.05) is 19.7 Å². The van der Waals surface area contributed by atoms with E-state index in [1.54, 1.807) is 17.2 Å². The Labute approximate surface area is 192 Å². The highest BCUT2D eigenvalue weighted by Gasteiger charge is 2.43. The van der Waals surface area contributed by atoms with Crippen molar-refractivity contribution in [1.29, 1.82) is 0 Å². The smallest absolute Gasteiger partial charge is 0.410 e. The zero-order chi connectivity index (χ0) is 23.2. The Bertz CT molecular complexity index is 1020. The number of halogens is 2. The Morgan fingerprint density at radius 3 is 2.33 bits per heavy atom. The van der Waals surface area contributed by atoms with Gasteiger partial charge in [-0.3, -0.25) is 4.98 Å². The number of likely N-dealkylation sites (tertiary alicyclic amines) is 1. The molecule has 0 radical (unpaired) electrons. The van der Waals surface area contributed by atoms with Gasteiger partial charge in [-0.2, -0.15) is 0 Å². The number of pyridine rings is 1. The molecule has 8 heteroatoms. The van der Waals surface area contributed by atoms with Gasteiger partial charge in [0.05, 0.1) is 17.8 Å². The lowest BCUT2D eigenvalue weighted by Crippen LogP contribution is -2.41. The topological polar surface area (TPSA) is 77.7 Å². The molecule has 2 saturated carbocycles.